The molecule has 0 aromatic carbocycles. The number of halogens is 2. The molecule has 4 atom stereocenters. The van der Waals surface area contributed by atoms with Crippen LogP contribution in [0.15, 0.2) is 9.98 Å². The van der Waals surface area contributed by atoms with Gasteiger partial charge >= 0.3 is 35.6 Å². The molecule has 0 aromatic heterocycles. The molecule has 0 saturated carbocycles. The SMILES string of the molecule is CCC(CC)(C1=NC(CO)C(C(C)C)O1)C1=NC(CO)C(C(C)C)O1.[Cl][Ti][Cl]. The molecule has 2 N–H and O–H groups in total. The van der Waals surface area contributed by atoms with Crippen LogP contribution in [0.1, 0.15) is 54.4 Å². The molecule has 0 amide bonds. The summed E-state index contributed by atoms with van der Waals surface area (Å²) in [5, 5.41) is 19.4. The van der Waals surface area contributed by atoms with Crippen molar-refractivity contribution in [1.82, 2.24) is 0 Å². The third-order valence-electron chi connectivity index (χ3n) is 5.53. The summed E-state index contributed by atoms with van der Waals surface area (Å²) in [6.07, 6.45) is 1.23. The van der Waals surface area contributed by atoms with E-state index in [1.807, 2.05) is 0 Å². The first-order valence-corrected chi connectivity index (χ1v) is 14.2. The first-order valence-electron chi connectivity index (χ1n) is 9.93. The Morgan fingerprint density at radius 2 is 1.21 bits per heavy atom. The predicted octanol–water partition coefficient (Wildman–Crippen LogP) is 3.80. The van der Waals surface area contributed by atoms with Crippen LogP contribution in [0.25, 0.3) is 0 Å². The van der Waals surface area contributed by atoms with Crippen molar-refractivity contribution in [2.24, 2.45) is 27.2 Å². The van der Waals surface area contributed by atoms with Gasteiger partial charge < -0.3 is 19.7 Å². The summed E-state index contributed by atoms with van der Waals surface area (Å²) in [5.41, 5.74) is -0.534. The summed E-state index contributed by atoms with van der Waals surface area (Å²) in [6.45, 7) is 12.4. The van der Waals surface area contributed by atoms with Gasteiger partial charge in [0.05, 0.1) is 13.2 Å². The molecule has 0 bridgehead atoms. The molecule has 0 fully saturated rings. The van der Waals surface area contributed by atoms with Crippen LogP contribution >= 0.6 is 18.6 Å². The van der Waals surface area contributed by atoms with Crippen molar-refractivity contribution in [2.45, 2.75) is 78.7 Å². The molecule has 0 saturated heterocycles. The van der Waals surface area contributed by atoms with Crippen molar-refractivity contribution in [2.75, 3.05) is 13.2 Å². The van der Waals surface area contributed by atoms with Gasteiger partial charge in [0.1, 0.15) is 29.7 Å². The Morgan fingerprint density at radius 1 is 0.893 bits per heavy atom. The molecule has 0 aliphatic carbocycles. The quantitative estimate of drug-likeness (QED) is 0.526. The summed E-state index contributed by atoms with van der Waals surface area (Å²) >= 11 is -0.556. The van der Waals surface area contributed by atoms with Crippen LogP contribution in [0.4, 0.5) is 0 Å². The number of aliphatic hydroxyl groups is 2. The van der Waals surface area contributed by atoms with E-state index in [4.69, 9.17) is 38.1 Å². The molecule has 0 spiro atoms. The molecule has 2 heterocycles. The van der Waals surface area contributed by atoms with Crippen molar-refractivity contribution in [1.29, 1.82) is 0 Å². The average Bonchev–Trinajstić information content (AvgIpc) is 3.29. The Hall–Kier alpha value is 0.154. The monoisotopic (exact) mass is 472 g/mol. The van der Waals surface area contributed by atoms with Gasteiger partial charge in [0.15, 0.2) is 11.8 Å². The number of aliphatic imine (C=N–C) groups is 2. The molecule has 6 nitrogen and oxygen atoms in total. The third kappa shape index (κ3) is 5.64. The standard InChI is InChI=1S/C19H34N2O4.2ClH.Ti/c1-7-19(8-2,17-20-13(9-22)15(24-17)11(3)4)18-21-14(10-23)16(25-18)12(5)6;;;/h11-16,22-23H,7-10H2,1-6H3;2*1H;/q;;;+2/p-2. The molecule has 2 aliphatic rings. The predicted molar refractivity (Wildman–Crippen MR) is 111 cm³/mol. The number of rotatable bonds is 8. The fraction of sp³-hybridized carbons (Fsp3) is 0.895. The molecular weight excluding hydrogens is 439 g/mol. The van der Waals surface area contributed by atoms with Crippen LogP contribution in [-0.2, 0) is 26.5 Å². The van der Waals surface area contributed by atoms with Crippen molar-refractivity contribution in [3.63, 3.8) is 0 Å². The van der Waals surface area contributed by atoms with Gasteiger partial charge in [-0.3, -0.25) is 0 Å². The number of hydrogen-bond donors (Lipinski definition) is 2. The fourth-order valence-electron chi connectivity index (χ4n) is 3.79. The van der Waals surface area contributed by atoms with Gasteiger partial charge in [0.25, 0.3) is 0 Å². The maximum absolute atomic E-state index is 9.69. The van der Waals surface area contributed by atoms with Gasteiger partial charge in [-0.25, -0.2) is 9.98 Å². The topological polar surface area (TPSA) is 83.6 Å². The molecule has 2 aliphatic heterocycles. The van der Waals surface area contributed by atoms with E-state index in [9.17, 15) is 10.2 Å². The summed E-state index contributed by atoms with van der Waals surface area (Å²) in [5.74, 6) is 1.75. The number of ether oxygens (including phenoxy) is 2. The zero-order chi connectivity index (χ0) is 21.5. The number of nitrogens with zero attached hydrogens (tertiary/aromatic N) is 2. The number of aliphatic hydroxyl groups excluding tert-OH is 2. The van der Waals surface area contributed by atoms with Gasteiger partial charge in [0.2, 0.25) is 0 Å². The number of hydrogen-bond acceptors (Lipinski definition) is 6. The van der Waals surface area contributed by atoms with E-state index in [1.165, 1.54) is 0 Å². The van der Waals surface area contributed by atoms with Crippen molar-refractivity contribution in [3.05, 3.63) is 0 Å². The zero-order valence-corrected chi connectivity index (χ0v) is 20.7. The van der Waals surface area contributed by atoms with Gasteiger partial charge in [0, 0.05) is 0 Å². The van der Waals surface area contributed by atoms with Gasteiger partial charge in [-0.1, -0.05) is 41.5 Å². The van der Waals surface area contributed by atoms with E-state index in [0.717, 1.165) is 12.8 Å². The Bertz CT molecular complexity index is 500. The molecule has 162 valence electrons. The summed E-state index contributed by atoms with van der Waals surface area (Å²) in [6, 6.07) is -0.493. The first-order chi connectivity index (χ1) is 13.3. The maximum atomic E-state index is 9.69. The summed E-state index contributed by atoms with van der Waals surface area (Å²) in [7, 11) is 9.78. The molecule has 28 heavy (non-hydrogen) atoms. The molecule has 0 radical (unpaired) electrons. The van der Waals surface area contributed by atoms with Crippen molar-refractivity contribution >= 4 is 30.4 Å². The summed E-state index contributed by atoms with van der Waals surface area (Å²) in [4.78, 5) is 9.42. The van der Waals surface area contributed by atoms with Crippen molar-refractivity contribution < 1.29 is 36.7 Å². The average molecular weight is 473 g/mol. The Morgan fingerprint density at radius 3 is 1.39 bits per heavy atom. The second-order valence-corrected chi connectivity index (χ2v) is 10.5. The van der Waals surface area contributed by atoms with Crippen LogP contribution in [0, 0.1) is 17.3 Å². The fourth-order valence-corrected chi connectivity index (χ4v) is 3.79. The van der Waals surface area contributed by atoms with E-state index >= 15 is 0 Å². The van der Waals surface area contributed by atoms with Crippen LogP contribution in [0.3, 0.4) is 0 Å². The molecule has 4 unspecified atom stereocenters. The van der Waals surface area contributed by atoms with E-state index in [0.29, 0.717) is 11.8 Å². The molecule has 2 rings (SSSR count). The normalized spacial score (nSPS) is 27.0. The van der Waals surface area contributed by atoms with Gasteiger partial charge in [-0.05, 0) is 24.7 Å². The second kappa shape index (κ2) is 12.1. The summed E-state index contributed by atoms with van der Waals surface area (Å²) < 4.78 is 12.4. The van der Waals surface area contributed by atoms with Crippen LogP contribution in [0.2, 0.25) is 0 Å². The van der Waals surface area contributed by atoms with Crippen LogP contribution < -0.4 is 0 Å². The van der Waals surface area contributed by atoms with Crippen LogP contribution in [0.5, 0.6) is 0 Å². The molecule has 0 aromatic rings. The van der Waals surface area contributed by atoms with E-state index in [1.54, 1.807) is 0 Å². The zero-order valence-electron chi connectivity index (χ0n) is 17.7. The van der Waals surface area contributed by atoms with Gasteiger partial charge in [-0.2, -0.15) is 0 Å². The third-order valence-corrected chi connectivity index (χ3v) is 5.53. The minimum atomic E-state index is -0.556. The van der Waals surface area contributed by atoms with E-state index in [-0.39, 0.29) is 49.3 Å². The molecule has 9 heteroatoms. The first kappa shape index (κ1) is 26.2. The van der Waals surface area contributed by atoms with Gasteiger partial charge in [-0.15, -0.1) is 0 Å². The minimum absolute atomic E-state index is 0.0307. The van der Waals surface area contributed by atoms with E-state index < -0.39 is 22.4 Å². The Kier molecular flexibility index (Phi) is 11.3. The second-order valence-electron chi connectivity index (χ2n) is 7.88. The van der Waals surface area contributed by atoms with Crippen molar-refractivity contribution in [3.8, 4) is 0 Å². The van der Waals surface area contributed by atoms with E-state index in [2.05, 4.69) is 41.5 Å². The Labute approximate surface area is 185 Å². The molecular formula is C19H34Cl2N2O4Ti. The van der Waals surface area contributed by atoms with Crippen LogP contribution in [-0.4, -0.2) is 59.5 Å². The Balaban J connectivity index is 0.00000122.